The summed E-state index contributed by atoms with van der Waals surface area (Å²) >= 11 is 0. The maximum atomic E-state index is 9.79. The van der Waals surface area contributed by atoms with Crippen LogP contribution in [-0.4, -0.2) is 45.9 Å². The minimum Gasteiger partial charge on any atom is -0.389 e. The summed E-state index contributed by atoms with van der Waals surface area (Å²) < 4.78 is 0. The molecule has 1 saturated heterocycles. The van der Waals surface area contributed by atoms with Crippen molar-refractivity contribution in [3.05, 3.63) is 0 Å². The molecule has 0 radical (unpaired) electrons. The molecule has 1 aliphatic heterocycles. The van der Waals surface area contributed by atoms with Gasteiger partial charge in [0, 0.05) is 19.6 Å². The van der Waals surface area contributed by atoms with Crippen molar-refractivity contribution in [3.63, 3.8) is 0 Å². The van der Waals surface area contributed by atoms with Crippen LogP contribution in [0.2, 0.25) is 0 Å². The molecule has 70 valence electrons. The normalized spacial score (nSPS) is 32.2. The van der Waals surface area contributed by atoms with Gasteiger partial charge in [0.2, 0.25) is 0 Å². The van der Waals surface area contributed by atoms with Crippen molar-refractivity contribution >= 4 is 0 Å². The van der Waals surface area contributed by atoms with Crippen LogP contribution in [0.3, 0.4) is 0 Å². The average Bonchev–Trinajstić information content (AvgIpc) is 1.80. The molecule has 0 atom stereocenters. The fraction of sp³-hybridized carbons (Fsp3) is 1.00. The average molecular weight is 171 g/mol. The van der Waals surface area contributed by atoms with Gasteiger partial charge in [0.05, 0.1) is 11.2 Å². The minimum atomic E-state index is -0.500. The second-order valence-electron chi connectivity index (χ2n) is 4.72. The zero-order chi connectivity index (χ0) is 8.82. The predicted octanol–water partition coefficient (Wildman–Crippen LogP) is -0.0320. The maximum absolute atomic E-state index is 9.79. The first kappa shape index (κ1) is 8.48. The highest BCUT2D eigenvalue weighted by Crippen LogP contribution is 2.34. The lowest BCUT2D eigenvalue weighted by Gasteiger charge is -2.49. The molecule has 2 rings (SSSR count). The highest BCUT2D eigenvalue weighted by molar-refractivity contribution is 4.98. The van der Waals surface area contributed by atoms with Gasteiger partial charge in [0.1, 0.15) is 0 Å². The summed E-state index contributed by atoms with van der Waals surface area (Å²) in [6.07, 6.45) is 3.03. The largest absolute Gasteiger partial charge is 0.389 e. The third kappa shape index (κ3) is 1.49. The van der Waals surface area contributed by atoms with Crippen molar-refractivity contribution in [2.24, 2.45) is 0 Å². The zero-order valence-electron chi connectivity index (χ0n) is 7.58. The Morgan fingerprint density at radius 2 is 1.83 bits per heavy atom. The van der Waals surface area contributed by atoms with E-state index in [1.165, 1.54) is 0 Å². The van der Waals surface area contributed by atoms with Gasteiger partial charge < -0.3 is 10.2 Å². The summed E-state index contributed by atoms with van der Waals surface area (Å²) in [4.78, 5) is 2.12. The molecule has 0 aromatic rings. The smallest absolute Gasteiger partial charge is 0.0872 e. The van der Waals surface area contributed by atoms with E-state index in [2.05, 4.69) is 4.90 Å². The van der Waals surface area contributed by atoms with Gasteiger partial charge in [-0.25, -0.2) is 0 Å². The molecule has 1 aliphatic carbocycles. The van der Waals surface area contributed by atoms with Crippen LogP contribution < -0.4 is 0 Å². The van der Waals surface area contributed by atoms with Crippen LogP contribution in [0, 0.1) is 0 Å². The summed E-state index contributed by atoms with van der Waals surface area (Å²) in [6.45, 7) is 4.03. The fourth-order valence-electron chi connectivity index (χ4n) is 2.19. The molecule has 3 nitrogen and oxygen atoms in total. The number of nitrogens with zero attached hydrogens (tertiary/aromatic N) is 1. The zero-order valence-corrected chi connectivity index (χ0v) is 7.58. The number of β-amino-alcohol motifs (C(OH)–C–C–N with tert-alkyl or cyclic N) is 2. The van der Waals surface area contributed by atoms with Gasteiger partial charge in [-0.3, -0.25) is 4.90 Å². The lowest BCUT2D eigenvalue weighted by molar-refractivity contribution is -0.132. The van der Waals surface area contributed by atoms with Crippen molar-refractivity contribution in [2.75, 3.05) is 19.6 Å². The van der Waals surface area contributed by atoms with Crippen molar-refractivity contribution in [2.45, 2.75) is 37.4 Å². The molecule has 0 aromatic carbocycles. The number of likely N-dealkylation sites (tertiary alicyclic amines) is 1. The lowest BCUT2D eigenvalue weighted by Crippen LogP contribution is -2.64. The first-order valence-corrected chi connectivity index (χ1v) is 4.66. The van der Waals surface area contributed by atoms with E-state index in [1.807, 2.05) is 6.92 Å². The van der Waals surface area contributed by atoms with Crippen molar-refractivity contribution in [1.29, 1.82) is 0 Å². The summed E-state index contributed by atoms with van der Waals surface area (Å²) in [5.74, 6) is 0. The van der Waals surface area contributed by atoms with E-state index < -0.39 is 11.2 Å². The molecule has 0 amide bonds. The molecule has 1 heterocycles. The number of aliphatic hydroxyl groups is 2. The Bertz CT molecular complexity index is 179. The Kier molecular flexibility index (Phi) is 1.72. The van der Waals surface area contributed by atoms with E-state index in [1.54, 1.807) is 0 Å². The molecule has 0 bridgehead atoms. The van der Waals surface area contributed by atoms with E-state index in [9.17, 15) is 10.2 Å². The molecule has 3 heteroatoms. The minimum absolute atomic E-state index is 0.420. The molecule has 2 fully saturated rings. The Morgan fingerprint density at radius 3 is 2.17 bits per heavy atom. The third-order valence-corrected chi connectivity index (χ3v) is 2.93. The Labute approximate surface area is 73.0 Å². The molecule has 2 aliphatic rings. The Hall–Kier alpha value is -0.120. The Morgan fingerprint density at radius 1 is 1.25 bits per heavy atom. The lowest BCUT2D eigenvalue weighted by atomic mass is 9.78. The summed E-state index contributed by atoms with van der Waals surface area (Å²) in [7, 11) is 0. The first-order valence-electron chi connectivity index (χ1n) is 4.66. The quantitative estimate of drug-likeness (QED) is 0.613. The van der Waals surface area contributed by atoms with Crippen molar-refractivity contribution in [1.82, 2.24) is 4.90 Å². The van der Waals surface area contributed by atoms with E-state index in [-0.39, 0.29) is 0 Å². The van der Waals surface area contributed by atoms with Gasteiger partial charge in [-0.05, 0) is 26.2 Å². The molecule has 0 spiro atoms. The molecule has 1 saturated carbocycles. The van der Waals surface area contributed by atoms with Gasteiger partial charge in [-0.2, -0.15) is 0 Å². The predicted molar refractivity (Wildman–Crippen MR) is 45.9 cm³/mol. The summed E-state index contributed by atoms with van der Waals surface area (Å²) in [5.41, 5.74) is -0.920. The van der Waals surface area contributed by atoms with Crippen LogP contribution in [0.1, 0.15) is 26.2 Å². The Balaban J connectivity index is 1.76. The fourth-order valence-corrected chi connectivity index (χ4v) is 2.19. The van der Waals surface area contributed by atoms with Gasteiger partial charge in [-0.15, -0.1) is 0 Å². The van der Waals surface area contributed by atoms with Crippen LogP contribution in [0.15, 0.2) is 0 Å². The van der Waals surface area contributed by atoms with Crippen LogP contribution in [0.25, 0.3) is 0 Å². The molecule has 0 unspecified atom stereocenters. The van der Waals surface area contributed by atoms with Crippen molar-refractivity contribution in [3.8, 4) is 0 Å². The second-order valence-corrected chi connectivity index (χ2v) is 4.72. The highest BCUT2D eigenvalue weighted by atomic mass is 16.3. The van der Waals surface area contributed by atoms with Gasteiger partial charge in [0.25, 0.3) is 0 Å². The van der Waals surface area contributed by atoms with E-state index >= 15 is 0 Å². The van der Waals surface area contributed by atoms with Crippen LogP contribution in [0.4, 0.5) is 0 Å². The third-order valence-electron chi connectivity index (χ3n) is 2.93. The molecule has 0 aromatic heterocycles. The maximum Gasteiger partial charge on any atom is 0.0872 e. The van der Waals surface area contributed by atoms with Gasteiger partial charge in [0.15, 0.2) is 0 Å². The van der Waals surface area contributed by atoms with E-state index in [0.29, 0.717) is 0 Å². The second kappa shape index (κ2) is 2.44. The van der Waals surface area contributed by atoms with Crippen LogP contribution >= 0.6 is 0 Å². The number of hydrogen-bond donors (Lipinski definition) is 2. The van der Waals surface area contributed by atoms with Gasteiger partial charge >= 0.3 is 0 Å². The highest BCUT2D eigenvalue weighted by Gasteiger charge is 2.43. The van der Waals surface area contributed by atoms with E-state index in [4.69, 9.17) is 0 Å². The monoisotopic (exact) mass is 171 g/mol. The molecule has 12 heavy (non-hydrogen) atoms. The van der Waals surface area contributed by atoms with E-state index in [0.717, 1.165) is 38.9 Å². The standard InChI is InChI=1S/C9H17NO2/c1-8(11)5-10(6-8)7-9(12)3-2-4-9/h11-12H,2-7H2,1H3. The summed E-state index contributed by atoms with van der Waals surface area (Å²) in [5, 5.41) is 19.2. The van der Waals surface area contributed by atoms with Crippen LogP contribution in [-0.2, 0) is 0 Å². The van der Waals surface area contributed by atoms with Crippen LogP contribution in [0.5, 0.6) is 0 Å². The SMILES string of the molecule is CC1(O)CN(CC2(O)CCC2)C1. The van der Waals surface area contributed by atoms with Gasteiger partial charge in [-0.1, -0.05) is 0 Å². The molecular weight excluding hydrogens is 154 g/mol. The number of hydrogen-bond acceptors (Lipinski definition) is 3. The molecular formula is C9H17NO2. The summed E-state index contributed by atoms with van der Waals surface area (Å²) in [6, 6.07) is 0. The molecule has 2 N–H and O–H groups in total. The topological polar surface area (TPSA) is 43.7 Å². The first-order chi connectivity index (χ1) is 5.49. The van der Waals surface area contributed by atoms with Crippen molar-refractivity contribution < 1.29 is 10.2 Å². The number of rotatable bonds is 2.